The molecular formula is C65H87ClN6O15. The Hall–Kier alpha value is -6.94. The number of hydrogen-bond acceptors (Lipinski definition) is 16. The number of Topliss-reactive ketones (excluding diaryl/α,β-unsaturated/α-hetero) is 2. The molecule has 6 N–H and O–H groups in total. The number of rotatable bonds is 23. The maximum absolute atomic E-state index is 14.6. The van der Waals surface area contributed by atoms with Crippen molar-refractivity contribution < 1.29 is 71.9 Å². The number of allylic oxidation sites excluding steroid dienone is 3. The zero-order chi connectivity index (χ0) is 63.5. The number of carbonyl (C=O) groups excluding carboxylic acids is 8. The highest BCUT2D eigenvalue weighted by Crippen LogP contribution is 2.50. The van der Waals surface area contributed by atoms with Gasteiger partial charge in [0.25, 0.3) is 0 Å². The number of unbranched alkanes of at least 4 members (excludes halogenated alkanes) is 1. The zero-order valence-corrected chi connectivity index (χ0v) is 52.6. The molecule has 3 aliphatic heterocycles. The molecule has 4 heterocycles. The van der Waals surface area contributed by atoms with Crippen LogP contribution in [0, 0.1) is 23.7 Å². The monoisotopic (exact) mass is 1230 g/mol. The number of nitrogens with zero attached hydrogens (tertiary/aromatic N) is 2. The Bertz CT molecular complexity index is 3110. The van der Waals surface area contributed by atoms with E-state index >= 15 is 0 Å². The molecule has 5 amide bonds. The van der Waals surface area contributed by atoms with E-state index in [-0.39, 0.29) is 91.6 Å². The van der Waals surface area contributed by atoms with Crippen molar-refractivity contribution in [2.45, 2.75) is 192 Å². The molecule has 0 unspecified atom stereocenters. The lowest BCUT2D eigenvalue weighted by atomic mass is 9.78. The molecule has 22 heteroatoms. The van der Waals surface area contributed by atoms with Crippen molar-refractivity contribution in [1.82, 2.24) is 15.6 Å². The standard InChI is InChI=1S/C65H87ClN6O15/c1-37(2)45(33-43(73)20-11-12-26-63(5,6)87-60(78)41-18-14-19-41)59(77)70-46(22-16-28-69-61(67)79)49(74)32-42-24-25-47(57-44(42)21-15-27-68-57)71-62(80)85-53-34-54(75)72(8)48-30-40(31-50(82-9)56(48)66)29-38(3)17-13-23-52(83-10)65(81)35-51(84-55(76)36-65)39(4)58-64(53,7)86-58/h13,15,17,21,23-25,27,30-31,37,39,41,45-46,51-53,58,81H,11-12,14,16,18-20,22,26,28-29,32-36H2,1-10H3,(H,70,77)(H,71,80)(H3,67,69,79)/b23-13+,38-17+/t39-,45+,46+,51+,52-,53+,58+,64+,65-/m1/s1. The summed E-state index contributed by atoms with van der Waals surface area (Å²) in [5.74, 6) is -3.49. The van der Waals surface area contributed by atoms with Crippen molar-refractivity contribution in [1.29, 1.82) is 0 Å². The number of nitrogens with two attached hydrogens (primary N) is 1. The van der Waals surface area contributed by atoms with E-state index in [9.17, 15) is 43.5 Å². The predicted molar refractivity (Wildman–Crippen MR) is 327 cm³/mol. The highest BCUT2D eigenvalue weighted by atomic mass is 35.5. The van der Waals surface area contributed by atoms with Gasteiger partial charge in [0.05, 0.1) is 54.9 Å². The van der Waals surface area contributed by atoms with Crippen LogP contribution in [0.2, 0.25) is 5.02 Å². The number of ether oxygens (including phenoxy) is 6. The molecule has 2 aromatic carbocycles. The molecule has 1 aliphatic carbocycles. The van der Waals surface area contributed by atoms with Crippen LogP contribution in [-0.4, -0.2) is 133 Å². The summed E-state index contributed by atoms with van der Waals surface area (Å²) in [4.78, 5) is 114. The number of hydrogen-bond donors (Lipinski definition) is 5. The summed E-state index contributed by atoms with van der Waals surface area (Å²) in [6, 6.07) is 8.42. The normalized spacial score (nSPS) is 25.1. The van der Waals surface area contributed by atoms with Crippen molar-refractivity contribution in [3.8, 4) is 5.75 Å². The molecule has 4 aliphatic rings. The average Bonchev–Trinajstić information content (AvgIpc) is 1.66. The number of methoxy groups -OCH3 is 2. The third-order valence-corrected chi connectivity index (χ3v) is 17.9. The maximum atomic E-state index is 14.6. The molecule has 3 fully saturated rings. The van der Waals surface area contributed by atoms with Crippen LogP contribution >= 0.6 is 11.6 Å². The number of esters is 2. The van der Waals surface area contributed by atoms with Crippen LogP contribution in [0.25, 0.3) is 10.9 Å². The van der Waals surface area contributed by atoms with E-state index in [1.54, 1.807) is 69.4 Å². The lowest BCUT2D eigenvalue weighted by molar-refractivity contribution is -0.187. The minimum absolute atomic E-state index is 0.00498. The zero-order valence-electron chi connectivity index (χ0n) is 51.8. The second-order valence-corrected chi connectivity index (χ2v) is 25.4. The number of primary amides is 1. The molecule has 9 atom stereocenters. The Balaban J connectivity index is 1.08. The van der Waals surface area contributed by atoms with Crippen molar-refractivity contribution in [2.24, 2.45) is 29.4 Å². The molecule has 4 bridgehead atoms. The Morgan fingerprint density at radius 2 is 1.79 bits per heavy atom. The number of aliphatic hydroxyl groups is 1. The van der Waals surface area contributed by atoms with Gasteiger partial charge in [-0.05, 0) is 120 Å². The first-order valence-electron chi connectivity index (χ1n) is 30.2. The van der Waals surface area contributed by atoms with Gasteiger partial charge in [-0.25, -0.2) is 9.59 Å². The number of benzene rings is 2. The topological polar surface area (TPSA) is 294 Å². The fourth-order valence-electron chi connectivity index (χ4n) is 11.9. The number of halogens is 1. The maximum Gasteiger partial charge on any atom is 0.412 e. The third-order valence-electron chi connectivity index (χ3n) is 17.5. The van der Waals surface area contributed by atoms with Gasteiger partial charge in [0, 0.05) is 69.8 Å². The predicted octanol–water partition coefficient (Wildman–Crippen LogP) is 9.13. The first kappa shape index (κ1) is 67.6. The van der Waals surface area contributed by atoms with Gasteiger partial charge in [-0.2, -0.15) is 0 Å². The van der Waals surface area contributed by atoms with E-state index < -0.39 is 95.4 Å². The van der Waals surface area contributed by atoms with Crippen molar-refractivity contribution in [3.05, 3.63) is 82.5 Å². The molecule has 0 radical (unpaired) electrons. The van der Waals surface area contributed by atoms with E-state index in [0.717, 1.165) is 30.4 Å². The van der Waals surface area contributed by atoms with Crippen LogP contribution in [-0.2, 0) is 65.3 Å². The van der Waals surface area contributed by atoms with E-state index in [0.29, 0.717) is 53.6 Å². The number of epoxide rings is 1. The number of aromatic nitrogens is 1. The van der Waals surface area contributed by atoms with Gasteiger partial charge in [-0.15, -0.1) is 0 Å². The van der Waals surface area contributed by atoms with Crippen LogP contribution in [0.4, 0.5) is 21.0 Å². The Kier molecular flexibility index (Phi) is 22.8. The SMILES string of the molecule is COc1cc2cc(c1Cl)N(C)C(=O)C[C@H](OC(=O)Nc1ccc(CC(=O)[C@H](CCCNC(N)=O)NC(=O)[C@@H](CC(=O)CCCCC(C)(C)OC(=O)C3CCC3)C(C)C)c3cccnc13)[C@]1(C)O[C@H]1[C@H](C)[C@@H]1C[C@@](O)(CC(=O)O1)[C@H](OC)/C=C/C=C(\C)C2. The van der Waals surface area contributed by atoms with Crippen LogP contribution < -0.4 is 31.3 Å². The smallest absolute Gasteiger partial charge is 0.412 e. The minimum atomic E-state index is -1.65. The van der Waals surface area contributed by atoms with Gasteiger partial charge >= 0.3 is 24.1 Å². The van der Waals surface area contributed by atoms with E-state index in [2.05, 4.69) is 20.9 Å². The molecule has 21 nitrogen and oxygen atoms in total. The van der Waals surface area contributed by atoms with Crippen LogP contribution in [0.15, 0.2) is 66.4 Å². The Morgan fingerprint density at radius 3 is 2.47 bits per heavy atom. The summed E-state index contributed by atoms with van der Waals surface area (Å²) in [6.07, 6.45) is 6.76. The van der Waals surface area contributed by atoms with Gasteiger partial charge < -0.3 is 54.8 Å². The molecule has 0 spiro atoms. The summed E-state index contributed by atoms with van der Waals surface area (Å²) >= 11 is 6.89. The summed E-state index contributed by atoms with van der Waals surface area (Å²) in [5, 5.41) is 21.0. The summed E-state index contributed by atoms with van der Waals surface area (Å²) in [5.41, 5.74) is 4.73. The number of fused-ring (bicyclic) bond motifs is 6. The van der Waals surface area contributed by atoms with Gasteiger partial charge in [0.1, 0.15) is 51.7 Å². The summed E-state index contributed by atoms with van der Waals surface area (Å²) in [6.45, 7) is 13.0. The van der Waals surface area contributed by atoms with E-state index in [4.69, 9.17) is 45.8 Å². The molecule has 1 aromatic heterocycles. The number of anilines is 2. The fourth-order valence-corrected chi connectivity index (χ4v) is 12.3. The highest BCUT2D eigenvalue weighted by Gasteiger charge is 2.64. The molecule has 1 saturated carbocycles. The first-order valence-corrected chi connectivity index (χ1v) is 30.6. The Morgan fingerprint density at radius 1 is 1.05 bits per heavy atom. The first-order chi connectivity index (χ1) is 41.1. The molecule has 474 valence electrons. The largest absolute Gasteiger partial charge is 0.495 e. The summed E-state index contributed by atoms with van der Waals surface area (Å²) in [7, 11) is 4.48. The number of carbonyl (C=O) groups is 8. The van der Waals surface area contributed by atoms with Crippen LogP contribution in [0.5, 0.6) is 5.75 Å². The molecule has 2 saturated heterocycles. The van der Waals surface area contributed by atoms with Gasteiger partial charge in [0.2, 0.25) is 11.8 Å². The van der Waals surface area contributed by atoms with Gasteiger partial charge in [0.15, 0.2) is 5.78 Å². The molecule has 3 aromatic rings. The number of nitrogens with one attached hydrogen (secondary N) is 3. The lowest BCUT2D eigenvalue weighted by Crippen LogP contribution is -2.53. The molecule has 7 rings (SSSR count). The summed E-state index contributed by atoms with van der Waals surface area (Å²) < 4.78 is 35.7. The van der Waals surface area contributed by atoms with Crippen molar-refractivity contribution >= 4 is 81.3 Å². The van der Waals surface area contributed by atoms with Crippen molar-refractivity contribution in [3.63, 3.8) is 0 Å². The second-order valence-electron chi connectivity index (χ2n) is 25.1. The van der Waals surface area contributed by atoms with Crippen LogP contribution in [0.3, 0.4) is 0 Å². The highest BCUT2D eigenvalue weighted by molar-refractivity contribution is 6.35. The van der Waals surface area contributed by atoms with Crippen molar-refractivity contribution in [2.75, 3.05) is 38.0 Å². The van der Waals surface area contributed by atoms with E-state index in [1.165, 1.54) is 25.3 Å². The number of urea groups is 1. The average molecular weight is 1230 g/mol. The van der Waals surface area contributed by atoms with Gasteiger partial charge in [-0.3, -0.25) is 39.1 Å². The van der Waals surface area contributed by atoms with Gasteiger partial charge in [-0.1, -0.05) is 74.7 Å². The Labute approximate surface area is 514 Å². The minimum Gasteiger partial charge on any atom is -0.495 e. The van der Waals surface area contributed by atoms with E-state index in [1.807, 2.05) is 40.7 Å². The molecule has 87 heavy (non-hydrogen) atoms. The number of pyridine rings is 1. The number of amides is 5. The quantitative estimate of drug-likeness (QED) is 0.0256. The second kappa shape index (κ2) is 29.4. The molecular weight excluding hydrogens is 1140 g/mol. The fraction of sp³-hybridized carbons (Fsp3) is 0.585. The lowest BCUT2D eigenvalue weighted by Gasteiger charge is -2.41. The van der Waals surface area contributed by atoms with Crippen LogP contribution in [0.1, 0.15) is 143 Å². The third kappa shape index (κ3) is 17.4. The number of ketones is 2.